The quantitative estimate of drug-likeness (QED) is 0.779. The lowest BCUT2D eigenvalue weighted by molar-refractivity contribution is 0.129. The van der Waals surface area contributed by atoms with Gasteiger partial charge in [0.1, 0.15) is 0 Å². The maximum absolute atomic E-state index is 9.73. The van der Waals surface area contributed by atoms with E-state index in [0.29, 0.717) is 12.6 Å². The maximum Gasteiger partial charge on any atom is 0.0614 e. The van der Waals surface area contributed by atoms with Crippen molar-refractivity contribution in [3.05, 3.63) is 0 Å². The Kier molecular flexibility index (Phi) is 3.42. The van der Waals surface area contributed by atoms with Crippen molar-refractivity contribution < 1.29 is 5.11 Å². The molecule has 3 fully saturated rings. The average molecular weight is 238 g/mol. The zero-order valence-corrected chi connectivity index (χ0v) is 10.8. The molecule has 0 amide bonds. The summed E-state index contributed by atoms with van der Waals surface area (Å²) in [5.41, 5.74) is 0.0588. The van der Waals surface area contributed by atoms with E-state index in [1.54, 1.807) is 0 Å². The van der Waals surface area contributed by atoms with E-state index in [1.165, 1.54) is 64.5 Å². The Hall–Kier alpha value is -0.120. The summed E-state index contributed by atoms with van der Waals surface area (Å²) in [6.45, 7) is 2.90. The lowest BCUT2D eigenvalue weighted by Crippen LogP contribution is -2.49. The Morgan fingerprint density at radius 3 is 2.53 bits per heavy atom. The number of likely N-dealkylation sites (tertiary alicyclic amines) is 1. The summed E-state index contributed by atoms with van der Waals surface area (Å²) in [6, 6.07) is 1.44. The van der Waals surface area contributed by atoms with E-state index in [-0.39, 0.29) is 5.54 Å². The molecule has 98 valence electrons. The smallest absolute Gasteiger partial charge is 0.0614 e. The van der Waals surface area contributed by atoms with Crippen molar-refractivity contribution in [3.63, 3.8) is 0 Å². The first-order chi connectivity index (χ1) is 8.31. The van der Waals surface area contributed by atoms with Gasteiger partial charge in [-0.25, -0.2) is 0 Å². The maximum atomic E-state index is 9.73. The third-order valence-electron chi connectivity index (χ3n) is 4.88. The van der Waals surface area contributed by atoms with Crippen LogP contribution in [0.1, 0.15) is 51.4 Å². The summed E-state index contributed by atoms with van der Waals surface area (Å²) in [5.74, 6) is 0. The lowest BCUT2D eigenvalue weighted by Gasteiger charge is -2.34. The molecule has 1 heterocycles. The fraction of sp³-hybridized carbons (Fsp3) is 1.00. The van der Waals surface area contributed by atoms with E-state index in [0.717, 1.165) is 6.04 Å². The second-order valence-corrected chi connectivity index (χ2v) is 6.35. The lowest BCUT2D eigenvalue weighted by atomic mass is 9.97. The number of rotatable bonds is 4. The molecule has 0 spiro atoms. The van der Waals surface area contributed by atoms with Crippen LogP contribution in [-0.2, 0) is 0 Å². The van der Waals surface area contributed by atoms with Crippen LogP contribution in [-0.4, -0.2) is 47.3 Å². The van der Waals surface area contributed by atoms with Gasteiger partial charge in [0, 0.05) is 17.6 Å². The molecule has 2 aliphatic carbocycles. The molecular formula is C14H26N2O. The summed E-state index contributed by atoms with van der Waals surface area (Å²) in [6.07, 6.45) is 10.4. The normalized spacial score (nSPS) is 39.7. The van der Waals surface area contributed by atoms with Gasteiger partial charge in [0.2, 0.25) is 0 Å². The van der Waals surface area contributed by atoms with E-state index in [9.17, 15) is 5.11 Å². The van der Waals surface area contributed by atoms with Crippen LogP contribution in [0.2, 0.25) is 0 Å². The first-order valence-corrected chi connectivity index (χ1v) is 7.44. The van der Waals surface area contributed by atoms with Gasteiger partial charge in [0.05, 0.1) is 6.61 Å². The molecule has 1 aliphatic heterocycles. The van der Waals surface area contributed by atoms with Crippen molar-refractivity contribution in [1.82, 2.24) is 10.2 Å². The summed E-state index contributed by atoms with van der Waals surface area (Å²) in [5, 5.41) is 13.4. The number of aliphatic hydroxyl groups is 1. The SMILES string of the molecule is OCC1(NC2CC2)CCC(N2CCCCC2)C1. The number of nitrogens with one attached hydrogen (secondary N) is 1. The minimum absolute atomic E-state index is 0.0588. The molecule has 3 heteroatoms. The molecule has 2 N–H and O–H groups in total. The molecule has 0 aromatic rings. The summed E-state index contributed by atoms with van der Waals surface area (Å²) in [7, 11) is 0. The van der Waals surface area contributed by atoms with Crippen LogP contribution in [0.25, 0.3) is 0 Å². The molecule has 2 unspecified atom stereocenters. The van der Waals surface area contributed by atoms with E-state index >= 15 is 0 Å². The van der Waals surface area contributed by atoms with Gasteiger partial charge in [-0.1, -0.05) is 6.42 Å². The van der Waals surface area contributed by atoms with Gasteiger partial charge in [0.25, 0.3) is 0 Å². The number of piperidine rings is 1. The fourth-order valence-electron chi connectivity index (χ4n) is 3.67. The molecule has 0 aromatic heterocycles. The molecular weight excluding hydrogens is 212 g/mol. The standard InChI is InChI=1S/C14H26N2O/c17-11-14(15-12-4-5-12)7-6-13(10-14)16-8-2-1-3-9-16/h12-13,15,17H,1-11H2. The van der Waals surface area contributed by atoms with Gasteiger partial charge >= 0.3 is 0 Å². The monoisotopic (exact) mass is 238 g/mol. The summed E-state index contributed by atoms with van der Waals surface area (Å²) in [4.78, 5) is 2.68. The Balaban J connectivity index is 1.58. The molecule has 2 saturated carbocycles. The van der Waals surface area contributed by atoms with E-state index in [4.69, 9.17) is 0 Å². The molecule has 3 nitrogen and oxygen atoms in total. The van der Waals surface area contributed by atoms with E-state index < -0.39 is 0 Å². The molecule has 3 rings (SSSR count). The van der Waals surface area contributed by atoms with E-state index in [1.807, 2.05) is 0 Å². The van der Waals surface area contributed by atoms with Crippen molar-refractivity contribution in [1.29, 1.82) is 0 Å². The van der Waals surface area contributed by atoms with Crippen molar-refractivity contribution in [3.8, 4) is 0 Å². The second-order valence-electron chi connectivity index (χ2n) is 6.35. The van der Waals surface area contributed by atoms with Crippen LogP contribution in [0.5, 0.6) is 0 Å². The Labute approximate surface area is 105 Å². The van der Waals surface area contributed by atoms with Crippen LogP contribution in [0.4, 0.5) is 0 Å². The molecule has 0 radical (unpaired) electrons. The van der Waals surface area contributed by atoms with Crippen LogP contribution in [0, 0.1) is 0 Å². The number of hydrogen-bond donors (Lipinski definition) is 2. The van der Waals surface area contributed by atoms with Gasteiger partial charge in [-0.3, -0.25) is 0 Å². The summed E-state index contributed by atoms with van der Waals surface area (Å²) < 4.78 is 0. The molecule has 1 saturated heterocycles. The Morgan fingerprint density at radius 2 is 1.88 bits per heavy atom. The zero-order valence-electron chi connectivity index (χ0n) is 10.8. The fourth-order valence-corrected chi connectivity index (χ4v) is 3.67. The molecule has 0 bridgehead atoms. The van der Waals surface area contributed by atoms with Gasteiger partial charge in [0.15, 0.2) is 0 Å². The minimum Gasteiger partial charge on any atom is -0.394 e. The van der Waals surface area contributed by atoms with Gasteiger partial charge in [-0.15, -0.1) is 0 Å². The highest BCUT2D eigenvalue weighted by atomic mass is 16.3. The molecule has 0 aromatic carbocycles. The minimum atomic E-state index is 0.0588. The first kappa shape index (κ1) is 11.9. The third-order valence-corrected chi connectivity index (χ3v) is 4.88. The van der Waals surface area contributed by atoms with Gasteiger partial charge in [-0.2, -0.15) is 0 Å². The number of nitrogens with zero attached hydrogens (tertiary/aromatic N) is 1. The predicted molar refractivity (Wildman–Crippen MR) is 69.0 cm³/mol. The zero-order chi connectivity index (χ0) is 11.7. The van der Waals surface area contributed by atoms with Crippen molar-refractivity contribution in [2.45, 2.75) is 69.0 Å². The second kappa shape index (κ2) is 4.87. The first-order valence-electron chi connectivity index (χ1n) is 7.44. The molecule has 3 aliphatic rings. The van der Waals surface area contributed by atoms with Crippen LogP contribution in [0.15, 0.2) is 0 Å². The van der Waals surface area contributed by atoms with Crippen molar-refractivity contribution >= 4 is 0 Å². The van der Waals surface area contributed by atoms with E-state index in [2.05, 4.69) is 10.2 Å². The van der Waals surface area contributed by atoms with Crippen LogP contribution < -0.4 is 5.32 Å². The number of hydrogen-bond acceptors (Lipinski definition) is 3. The Bertz CT molecular complexity index is 261. The van der Waals surface area contributed by atoms with Gasteiger partial charge in [-0.05, 0) is 58.0 Å². The largest absolute Gasteiger partial charge is 0.394 e. The molecule has 17 heavy (non-hydrogen) atoms. The number of aliphatic hydroxyl groups excluding tert-OH is 1. The average Bonchev–Trinajstić information content (AvgIpc) is 3.08. The predicted octanol–water partition coefficient (Wildman–Crippen LogP) is 1.51. The topological polar surface area (TPSA) is 35.5 Å². The van der Waals surface area contributed by atoms with Crippen molar-refractivity contribution in [2.24, 2.45) is 0 Å². The van der Waals surface area contributed by atoms with Crippen LogP contribution in [0.3, 0.4) is 0 Å². The third kappa shape index (κ3) is 2.67. The highest BCUT2D eigenvalue weighted by Gasteiger charge is 2.43. The van der Waals surface area contributed by atoms with Gasteiger partial charge < -0.3 is 15.3 Å². The molecule has 2 atom stereocenters. The Morgan fingerprint density at radius 1 is 1.12 bits per heavy atom. The highest BCUT2D eigenvalue weighted by Crippen LogP contribution is 2.36. The summed E-state index contributed by atoms with van der Waals surface area (Å²) >= 11 is 0. The van der Waals surface area contributed by atoms with Crippen molar-refractivity contribution in [2.75, 3.05) is 19.7 Å². The highest BCUT2D eigenvalue weighted by molar-refractivity contribution is 5.03. The van der Waals surface area contributed by atoms with Crippen LogP contribution >= 0.6 is 0 Å².